The zero-order valence-electron chi connectivity index (χ0n) is 13.8. The van der Waals surface area contributed by atoms with E-state index in [1.807, 2.05) is 30.3 Å². The van der Waals surface area contributed by atoms with Gasteiger partial charge in [0.15, 0.2) is 0 Å². The van der Waals surface area contributed by atoms with Crippen LogP contribution in [0.4, 0.5) is 0 Å². The van der Waals surface area contributed by atoms with Gasteiger partial charge in [-0.15, -0.1) is 11.3 Å². The Hall–Kier alpha value is -2.92. The monoisotopic (exact) mass is 350 g/mol. The molecule has 3 aromatic rings. The molecule has 5 heteroatoms. The molecule has 0 unspecified atom stereocenters. The highest BCUT2D eigenvalue weighted by atomic mass is 32.1. The average Bonchev–Trinajstić information content (AvgIpc) is 3.13. The van der Waals surface area contributed by atoms with Gasteiger partial charge in [0.1, 0.15) is 0 Å². The lowest BCUT2D eigenvalue weighted by atomic mass is 10.0. The van der Waals surface area contributed by atoms with Gasteiger partial charge in [-0.25, -0.2) is 0 Å². The molecule has 0 aliphatic rings. The summed E-state index contributed by atoms with van der Waals surface area (Å²) < 4.78 is 0. The maximum atomic E-state index is 12.5. The summed E-state index contributed by atoms with van der Waals surface area (Å²) >= 11 is 1.23. The van der Waals surface area contributed by atoms with Crippen LogP contribution in [0.25, 0.3) is 11.1 Å². The predicted octanol–water partition coefficient (Wildman–Crippen LogP) is 3.79. The maximum Gasteiger partial charge on any atom is 0.263 e. The zero-order chi connectivity index (χ0) is 17.8. The molecule has 4 nitrogen and oxygen atoms in total. The van der Waals surface area contributed by atoms with Crippen LogP contribution in [0.1, 0.15) is 25.6 Å². The first kappa shape index (κ1) is 16.9. The molecular formula is C20H18N2O2S. The van der Waals surface area contributed by atoms with Crippen LogP contribution in [0.5, 0.6) is 0 Å². The SMILES string of the molecule is CN(Cc1ccc(-c2ccccc2)cc1)C(=O)c1cc(C(N)=O)cs1. The van der Waals surface area contributed by atoms with Crippen molar-refractivity contribution in [2.24, 2.45) is 5.73 Å². The molecule has 3 rings (SSSR count). The standard InChI is InChI=1S/C20H18N2O2S/c1-22(20(24)18-11-17(13-25-18)19(21)23)12-14-7-9-16(10-8-14)15-5-3-2-4-6-15/h2-11,13H,12H2,1H3,(H2,21,23). The van der Waals surface area contributed by atoms with Crippen molar-refractivity contribution in [2.45, 2.75) is 6.54 Å². The molecule has 2 amide bonds. The van der Waals surface area contributed by atoms with Crippen molar-refractivity contribution >= 4 is 23.2 Å². The predicted molar refractivity (Wildman–Crippen MR) is 101 cm³/mol. The molecule has 25 heavy (non-hydrogen) atoms. The second-order valence-corrected chi connectivity index (χ2v) is 6.70. The van der Waals surface area contributed by atoms with Crippen molar-refractivity contribution < 1.29 is 9.59 Å². The maximum absolute atomic E-state index is 12.5. The fourth-order valence-electron chi connectivity index (χ4n) is 2.54. The molecule has 0 fully saturated rings. The van der Waals surface area contributed by atoms with Crippen LogP contribution in [0.2, 0.25) is 0 Å². The third kappa shape index (κ3) is 3.95. The summed E-state index contributed by atoms with van der Waals surface area (Å²) in [6.45, 7) is 0.498. The first-order valence-corrected chi connectivity index (χ1v) is 8.71. The van der Waals surface area contributed by atoms with E-state index < -0.39 is 5.91 Å². The molecule has 2 aromatic carbocycles. The second-order valence-electron chi connectivity index (χ2n) is 5.79. The minimum absolute atomic E-state index is 0.121. The number of nitrogens with zero attached hydrogens (tertiary/aromatic N) is 1. The van der Waals surface area contributed by atoms with Crippen molar-refractivity contribution in [1.29, 1.82) is 0 Å². The lowest BCUT2D eigenvalue weighted by molar-refractivity contribution is 0.0790. The molecule has 126 valence electrons. The van der Waals surface area contributed by atoms with Crippen LogP contribution in [0, 0.1) is 0 Å². The number of hydrogen-bond acceptors (Lipinski definition) is 3. The Morgan fingerprint density at radius 3 is 2.24 bits per heavy atom. The summed E-state index contributed by atoms with van der Waals surface area (Å²) in [5.74, 6) is -0.640. The van der Waals surface area contributed by atoms with Crippen molar-refractivity contribution in [3.8, 4) is 11.1 Å². The van der Waals surface area contributed by atoms with E-state index in [2.05, 4.69) is 24.3 Å². The van der Waals surface area contributed by atoms with Crippen molar-refractivity contribution in [3.63, 3.8) is 0 Å². The molecule has 0 bridgehead atoms. The van der Waals surface area contributed by atoms with E-state index in [-0.39, 0.29) is 5.91 Å². The van der Waals surface area contributed by atoms with Gasteiger partial charge in [-0.2, -0.15) is 0 Å². The van der Waals surface area contributed by atoms with Gasteiger partial charge in [-0.05, 0) is 22.8 Å². The fourth-order valence-corrected chi connectivity index (χ4v) is 3.43. The van der Waals surface area contributed by atoms with Crippen LogP contribution < -0.4 is 5.73 Å². The smallest absolute Gasteiger partial charge is 0.263 e. The molecule has 2 N–H and O–H groups in total. The molecule has 0 aliphatic heterocycles. The molecular weight excluding hydrogens is 332 g/mol. The zero-order valence-corrected chi connectivity index (χ0v) is 14.6. The Balaban J connectivity index is 1.69. The third-order valence-corrected chi connectivity index (χ3v) is 4.84. The summed E-state index contributed by atoms with van der Waals surface area (Å²) in [5.41, 5.74) is 8.95. The Morgan fingerprint density at radius 1 is 1.00 bits per heavy atom. The lowest BCUT2D eigenvalue weighted by Gasteiger charge is -2.16. The molecule has 1 heterocycles. The van der Waals surface area contributed by atoms with Crippen molar-refractivity contribution in [1.82, 2.24) is 4.90 Å². The van der Waals surface area contributed by atoms with E-state index in [9.17, 15) is 9.59 Å². The van der Waals surface area contributed by atoms with Gasteiger partial charge in [-0.1, -0.05) is 54.6 Å². The summed E-state index contributed by atoms with van der Waals surface area (Å²) in [6.07, 6.45) is 0. The van der Waals surface area contributed by atoms with Crippen molar-refractivity contribution in [2.75, 3.05) is 7.05 Å². The van der Waals surface area contributed by atoms with E-state index in [0.717, 1.165) is 16.7 Å². The largest absolute Gasteiger partial charge is 0.366 e. The summed E-state index contributed by atoms with van der Waals surface area (Å²) in [4.78, 5) is 25.8. The van der Waals surface area contributed by atoms with Gasteiger partial charge in [0, 0.05) is 19.0 Å². The minimum Gasteiger partial charge on any atom is -0.366 e. The van der Waals surface area contributed by atoms with Crippen LogP contribution in [-0.2, 0) is 6.54 Å². The minimum atomic E-state index is -0.519. The molecule has 0 atom stereocenters. The average molecular weight is 350 g/mol. The highest BCUT2D eigenvalue weighted by Gasteiger charge is 2.16. The van der Waals surface area contributed by atoms with E-state index in [1.54, 1.807) is 23.4 Å². The molecule has 0 saturated heterocycles. The molecule has 0 aliphatic carbocycles. The fraction of sp³-hybridized carbons (Fsp3) is 0.100. The number of primary amides is 1. The third-order valence-electron chi connectivity index (χ3n) is 3.92. The van der Waals surface area contributed by atoms with Crippen LogP contribution in [-0.4, -0.2) is 23.8 Å². The van der Waals surface area contributed by atoms with Gasteiger partial charge >= 0.3 is 0 Å². The number of benzene rings is 2. The first-order valence-electron chi connectivity index (χ1n) is 7.83. The summed E-state index contributed by atoms with van der Waals surface area (Å²) in [6, 6.07) is 19.9. The normalized spacial score (nSPS) is 10.4. The first-order chi connectivity index (χ1) is 12.0. The second kappa shape index (κ2) is 7.32. The number of carbonyl (C=O) groups is 2. The summed E-state index contributed by atoms with van der Waals surface area (Å²) in [7, 11) is 1.75. The van der Waals surface area contributed by atoms with Gasteiger partial charge in [0.2, 0.25) is 5.91 Å². The van der Waals surface area contributed by atoms with Gasteiger partial charge in [0.25, 0.3) is 5.91 Å². The quantitative estimate of drug-likeness (QED) is 0.761. The molecule has 0 spiro atoms. The van der Waals surface area contributed by atoms with Gasteiger partial charge in [-0.3, -0.25) is 9.59 Å². The molecule has 1 aromatic heterocycles. The topological polar surface area (TPSA) is 63.4 Å². The summed E-state index contributed by atoms with van der Waals surface area (Å²) in [5, 5.41) is 1.61. The van der Waals surface area contributed by atoms with Crippen molar-refractivity contribution in [3.05, 3.63) is 82.0 Å². The van der Waals surface area contributed by atoms with Crippen LogP contribution >= 0.6 is 11.3 Å². The number of rotatable bonds is 5. The lowest BCUT2D eigenvalue weighted by Crippen LogP contribution is -2.25. The number of hydrogen-bond donors (Lipinski definition) is 1. The van der Waals surface area contributed by atoms with E-state index >= 15 is 0 Å². The van der Waals surface area contributed by atoms with Crippen LogP contribution in [0.3, 0.4) is 0 Å². The number of nitrogens with two attached hydrogens (primary N) is 1. The number of amides is 2. The molecule has 0 radical (unpaired) electrons. The Kier molecular flexibility index (Phi) is 4.95. The Bertz CT molecular complexity index is 886. The Labute approximate surface area is 150 Å². The van der Waals surface area contributed by atoms with E-state index in [4.69, 9.17) is 5.73 Å². The molecule has 0 saturated carbocycles. The van der Waals surface area contributed by atoms with Crippen LogP contribution in [0.15, 0.2) is 66.0 Å². The van der Waals surface area contributed by atoms with E-state index in [1.165, 1.54) is 11.3 Å². The highest BCUT2D eigenvalue weighted by Crippen LogP contribution is 2.21. The number of thiophene rings is 1. The van der Waals surface area contributed by atoms with Gasteiger partial charge < -0.3 is 10.6 Å². The van der Waals surface area contributed by atoms with Gasteiger partial charge in [0.05, 0.1) is 10.4 Å². The van der Waals surface area contributed by atoms with E-state index in [0.29, 0.717) is 17.0 Å². The highest BCUT2D eigenvalue weighted by molar-refractivity contribution is 7.12. The Morgan fingerprint density at radius 2 is 1.64 bits per heavy atom. The number of carbonyl (C=O) groups excluding carboxylic acids is 2.